The molecule has 1 unspecified atom stereocenters. The molecule has 4 heteroatoms. The van der Waals surface area contributed by atoms with Gasteiger partial charge in [-0.15, -0.1) is 0 Å². The summed E-state index contributed by atoms with van der Waals surface area (Å²) in [6, 6.07) is 2.61. The number of nitrogens with one attached hydrogen (secondary N) is 1. The van der Waals surface area contributed by atoms with Gasteiger partial charge in [-0.05, 0) is 31.0 Å². The first kappa shape index (κ1) is 15.8. The lowest BCUT2D eigenvalue weighted by Crippen LogP contribution is -2.20. The summed E-state index contributed by atoms with van der Waals surface area (Å²) in [5.74, 6) is -0.135. The van der Waals surface area contributed by atoms with Crippen molar-refractivity contribution in [2.24, 2.45) is 0 Å². The Kier molecular flexibility index (Phi) is 7.26. The fraction of sp³-hybridized carbons (Fsp3) is 0.667. The zero-order chi connectivity index (χ0) is 14.1. The number of aromatic nitrogens is 1. The number of rotatable bonds is 9. The first-order chi connectivity index (χ1) is 9.21. The number of methoxy groups -OCH3 is 1. The van der Waals surface area contributed by atoms with Crippen molar-refractivity contribution in [1.82, 2.24) is 9.88 Å². The quantitative estimate of drug-likeness (QED) is 0.699. The minimum absolute atomic E-state index is 0.135. The van der Waals surface area contributed by atoms with Crippen LogP contribution in [0, 0.1) is 0 Å². The molecule has 1 N–H and O–H groups in total. The van der Waals surface area contributed by atoms with Gasteiger partial charge in [0.25, 0.3) is 0 Å². The summed E-state index contributed by atoms with van der Waals surface area (Å²) in [6.07, 6.45) is 7.90. The second-order valence-corrected chi connectivity index (χ2v) is 4.76. The highest BCUT2D eigenvalue weighted by Gasteiger charge is 2.10. The van der Waals surface area contributed by atoms with E-state index < -0.39 is 0 Å². The van der Waals surface area contributed by atoms with Gasteiger partial charge in [0.1, 0.15) is 0 Å². The van der Waals surface area contributed by atoms with Crippen LogP contribution in [0.3, 0.4) is 0 Å². The third kappa shape index (κ3) is 5.47. The third-order valence-electron chi connectivity index (χ3n) is 3.23. The Hall–Kier alpha value is -1.29. The molecular formula is C15H26N2O2. The molecule has 0 bridgehead atoms. The predicted molar refractivity (Wildman–Crippen MR) is 77.0 cm³/mol. The summed E-state index contributed by atoms with van der Waals surface area (Å²) in [5.41, 5.74) is 1.33. The molecule has 0 aromatic carbocycles. The Labute approximate surface area is 116 Å². The van der Waals surface area contributed by atoms with Crippen molar-refractivity contribution < 1.29 is 9.53 Å². The van der Waals surface area contributed by atoms with Gasteiger partial charge in [0.15, 0.2) is 0 Å². The Morgan fingerprint density at radius 2 is 2.26 bits per heavy atom. The first-order valence-corrected chi connectivity index (χ1v) is 7.17. The lowest BCUT2D eigenvalue weighted by atomic mass is 10.1. The number of hydrogen-bond acceptors (Lipinski definition) is 3. The number of carbonyl (C=O) groups is 1. The number of esters is 1. The minimum atomic E-state index is -0.135. The van der Waals surface area contributed by atoms with Crippen LogP contribution in [0.15, 0.2) is 18.5 Å². The lowest BCUT2D eigenvalue weighted by molar-refractivity contribution is -0.140. The molecule has 0 fully saturated rings. The molecular weight excluding hydrogens is 240 g/mol. The van der Waals surface area contributed by atoms with Gasteiger partial charge in [0.05, 0.1) is 7.11 Å². The standard InChI is InChI=1S/C15H26N2O2/c1-4-7-14(16-5-2)13-9-11-17(12-13)10-6-8-15(18)19-3/h9,11-12,14,16H,4-8,10H2,1-3H3. The molecule has 1 aromatic rings. The highest BCUT2D eigenvalue weighted by molar-refractivity contribution is 5.68. The van der Waals surface area contributed by atoms with Crippen molar-refractivity contribution >= 4 is 5.97 Å². The van der Waals surface area contributed by atoms with E-state index in [2.05, 4.69) is 46.9 Å². The van der Waals surface area contributed by atoms with Crippen LogP contribution in [0.5, 0.6) is 0 Å². The summed E-state index contributed by atoms with van der Waals surface area (Å²) < 4.78 is 6.79. The van der Waals surface area contributed by atoms with Crippen LogP contribution in [0.2, 0.25) is 0 Å². The Morgan fingerprint density at radius 1 is 1.47 bits per heavy atom. The van der Waals surface area contributed by atoms with E-state index >= 15 is 0 Å². The number of aryl methyl sites for hydroxylation is 1. The summed E-state index contributed by atoms with van der Waals surface area (Å²) in [5, 5.41) is 3.51. The average molecular weight is 266 g/mol. The van der Waals surface area contributed by atoms with E-state index in [4.69, 9.17) is 0 Å². The summed E-state index contributed by atoms with van der Waals surface area (Å²) >= 11 is 0. The molecule has 1 heterocycles. The lowest BCUT2D eigenvalue weighted by Gasteiger charge is -2.15. The van der Waals surface area contributed by atoms with Crippen LogP contribution >= 0.6 is 0 Å². The van der Waals surface area contributed by atoms with Crippen molar-refractivity contribution in [3.05, 3.63) is 24.0 Å². The minimum Gasteiger partial charge on any atom is -0.469 e. The molecule has 0 aliphatic heterocycles. The molecule has 1 atom stereocenters. The second kappa shape index (κ2) is 8.75. The van der Waals surface area contributed by atoms with Gasteiger partial charge >= 0.3 is 5.97 Å². The molecule has 0 spiro atoms. The summed E-state index contributed by atoms with van der Waals surface area (Å²) in [7, 11) is 1.43. The van der Waals surface area contributed by atoms with Gasteiger partial charge in [0, 0.05) is 31.4 Å². The zero-order valence-corrected chi connectivity index (χ0v) is 12.3. The number of nitrogens with zero attached hydrogens (tertiary/aromatic N) is 1. The highest BCUT2D eigenvalue weighted by Crippen LogP contribution is 2.19. The van der Waals surface area contributed by atoms with Crippen LogP contribution in [-0.4, -0.2) is 24.2 Å². The topological polar surface area (TPSA) is 43.3 Å². The van der Waals surface area contributed by atoms with E-state index in [1.165, 1.54) is 19.1 Å². The van der Waals surface area contributed by atoms with E-state index in [-0.39, 0.29) is 5.97 Å². The number of carbonyl (C=O) groups excluding carboxylic acids is 1. The fourth-order valence-electron chi connectivity index (χ4n) is 2.23. The maximum Gasteiger partial charge on any atom is 0.305 e. The Balaban J connectivity index is 2.48. The third-order valence-corrected chi connectivity index (χ3v) is 3.23. The fourth-order valence-corrected chi connectivity index (χ4v) is 2.23. The van der Waals surface area contributed by atoms with Gasteiger partial charge in [-0.25, -0.2) is 0 Å². The zero-order valence-electron chi connectivity index (χ0n) is 12.3. The molecule has 0 aliphatic rings. The number of hydrogen-bond donors (Lipinski definition) is 1. The number of ether oxygens (including phenoxy) is 1. The smallest absolute Gasteiger partial charge is 0.305 e. The predicted octanol–water partition coefficient (Wildman–Crippen LogP) is 2.89. The van der Waals surface area contributed by atoms with Crippen LogP contribution in [0.4, 0.5) is 0 Å². The normalized spacial score (nSPS) is 12.4. The van der Waals surface area contributed by atoms with Gasteiger partial charge in [0.2, 0.25) is 0 Å². The Morgan fingerprint density at radius 3 is 2.89 bits per heavy atom. The van der Waals surface area contributed by atoms with Gasteiger partial charge in [-0.2, -0.15) is 0 Å². The van der Waals surface area contributed by atoms with Crippen molar-refractivity contribution in [2.75, 3.05) is 13.7 Å². The summed E-state index contributed by atoms with van der Waals surface area (Å²) in [4.78, 5) is 11.0. The van der Waals surface area contributed by atoms with Gasteiger partial charge < -0.3 is 14.6 Å². The maximum absolute atomic E-state index is 11.0. The second-order valence-electron chi connectivity index (χ2n) is 4.76. The monoisotopic (exact) mass is 266 g/mol. The first-order valence-electron chi connectivity index (χ1n) is 7.17. The Bertz CT molecular complexity index is 368. The van der Waals surface area contributed by atoms with Crippen LogP contribution in [0.1, 0.15) is 51.1 Å². The van der Waals surface area contributed by atoms with Crippen LogP contribution in [-0.2, 0) is 16.1 Å². The molecule has 4 nitrogen and oxygen atoms in total. The molecule has 19 heavy (non-hydrogen) atoms. The molecule has 1 rings (SSSR count). The molecule has 0 aliphatic carbocycles. The van der Waals surface area contributed by atoms with E-state index in [1.54, 1.807) is 0 Å². The molecule has 1 aromatic heterocycles. The van der Waals surface area contributed by atoms with Crippen molar-refractivity contribution in [3.8, 4) is 0 Å². The molecule has 108 valence electrons. The highest BCUT2D eigenvalue weighted by atomic mass is 16.5. The summed E-state index contributed by atoms with van der Waals surface area (Å²) in [6.45, 7) is 6.19. The van der Waals surface area contributed by atoms with Crippen LogP contribution in [0.25, 0.3) is 0 Å². The van der Waals surface area contributed by atoms with E-state index in [0.717, 1.165) is 25.9 Å². The molecule has 0 radical (unpaired) electrons. The maximum atomic E-state index is 11.0. The van der Waals surface area contributed by atoms with E-state index in [9.17, 15) is 4.79 Å². The van der Waals surface area contributed by atoms with Crippen molar-refractivity contribution in [3.63, 3.8) is 0 Å². The van der Waals surface area contributed by atoms with Gasteiger partial charge in [-0.3, -0.25) is 4.79 Å². The molecule has 0 amide bonds. The average Bonchev–Trinajstić information content (AvgIpc) is 2.87. The molecule has 0 saturated carbocycles. The van der Waals surface area contributed by atoms with E-state index in [1.807, 2.05) is 0 Å². The largest absolute Gasteiger partial charge is 0.469 e. The van der Waals surface area contributed by atoms with Gasteiger partial charge in [-0.1, -0.05) is 20.3 Å². The SMILES string of the molecule is CCCC(NCC)c1ccn(CCCC(=O)OC)c1. The van der Waals surface area contributed by atoms with Crippen LogP contribution < -0.4 is 5.32 Å². The van der Waals surface area contributed by atoms with Crippen molar-refractivity contribution in [1.29, 1.82) is 0 Å². The molecule has 0 saturated heterocycles. The van der Waals surface area contributed by atoms with Crippen molar-refractivity contribution in [2.45, 2.75) is 52.1 Å². The van der Waals surface area contributed by atoms with E-state index in [0.29, 0.717) is 12.5 Å².